The summed E-state index contributed by atoms with van der Waals surface area (Å²) in [5.41, 5.74) is -0.557. The van der Waals surface area contributed by atoms with Gasteiger partial charge in [-0.2, -0.15) is 0 Å². The zero-order valence-electron chi connectivity index (χ0n) is 11.5. The second kappa shape index (κ2) is 7.28. The number of carboxylic acid groups (broad SMARTS) is 1. The Labute approximate surface area is 121 Å². The SMILES string of the molecule is CC(C)(CCC(=O)O)NC(=O)CSc1ccc(F)cc1. The van der Waals surface area contributed by atoms with Gasteiger partial charge in [0, 0.05) is 16.9 Å². The smallest absolute Gasteiger partial charge is 0.303 e. The van der Waals surface area contributed by atoms with Gasteiger partial charge in [-0.15, -0.1) is 11.8 Å². The summed E-state index contributed by atoms with van der Waals surface area (Å²) >= 11 is 1.31. The highest BCUT2D eigenvalue weighted by atomic mass is 32.2. The summed E-state index contributed by atoms with van der Waals surface area (Å²) in [6.45, 7) is 3.58. The molecule has 0 aliphatic rings. The molecule has 2 N–H and O–H groups in total. The molecule has 1 aromatic carbocycles. The second-order valence-corrected chi connectivity index (χ2v) is 6.12. The van der Waals surface area contributed by atoms with Gasteiger partial charge >= 0.3 is 5.97 Å². The normalized spacial score (nSPS) is 11.2. The standard InChI is InChI=1S/C14H18FNO3S/c1-14(2,8-7-13(18)19)16-12(17)9-20-11-5-3-10(15)4-6-11/h3-6H,7-9H2,1-2H3,(H,16,17)(H,18,19). The topological polar surface area (TPSA) is 66.4 Å². The molecule has 1 aromatic rings. The first-order valence-electron chi connectivity index (χ1n) is 6.20. The summed E-state index contributed by atoms with van der Waals surface area (Å²) in [4.78, 5) is 23.1. The van der Waals surface area contributed by atoms with Crippen LogP contribution in [0.2, 0.25) is 0 Å². The van der Waals surface area contributed by atoms with Gasteiger partial charge in [-0.1, -0.05) is 0 Å². The molecule has 0 saturated carbocycles. The van der Waals surface area contributed by atoms with Crippen LogP contribution in [0.15, 0.2) is 29.2 Å². The molecule has 0 saturated heterocycles. The van der Waals surface area contributed by atoms with Crippen molar-refractivity contribution in [3.8, 4) is 0 Å². The Morgan fingerprint density at radius 2 is 1.90 bits per heavy atom. The van der Waals surface area contributed by atoms with E-state index in [1.54, 1.807) is 26.0 Å². The van der Waals surface area contributed by atoms with E-state index >= 15 is 0 Å². The number of aliphatic carboxylic acids is 1. The van der Waals surface area contributed by atoms with Gasteiger partial charge in [0.05, 0.1) is 5.75 Å². The number of benzene rings is 1. The number of rotatable bonds is 7. The number of thioether (sulfide) groups is 1. The van der Waals surface area contributed by atoms with Crippen molar-refractivity contribution in [1.82, 2.24) is 5.32 Å². The lowest BCUT2D eigenvalue weighted by Crippen LogP contribution is -2.44. The molecular weight excluding hydrogens is 281 g/mol. The maximum absolute atomic E-state index is 12.7. The minimum Gasteiger partial charge on any atom is -0.481 e. The van der Waals surface area contributed by atoms with Crippen LogP contribution in [0.4, 0.5) is 4.39 Å². The fourth-order valence-corrected chi connectivity index (χ4v) is 2.27. The monoisotopic (exact) mass is 299 g/mol. The first-order valence-corrected chi connectivity index (χ1v) is 7.18. The Balaban J connectivity index is 2.39. The van der Waals surface area contributed by atoms with Crippen molar-refractivity contribution in [2.24, 2.45) is 0 Å². The fourth-order valence-electron chi connectivity index (χ4n) is 1.58. The van der Waals surface area contributed by atoms with Crippen molar-refractivity contribution in [3.05, 3.63) is 30.1 Å². The maximum atomic E-state index is 12.7. The third-order valence-electron chi connectivity index (χ3n) is 2.63. The van der Waals surface area contributed by atoms with Gasteiger partial charge in [-0.25, -0.2) is 4.39 Å². The average molecular weight is 299 g/mol. The molecule has 0 aliphatic carbocycles. The van der Waals surface area contributed by atoms with E-state index in [1.165, 1.54) is 23.9 Å². The van der Waals surface area contributed by atoms with Crippen LogP contribution in [0.25, 0.3) is 0 Å². The van der Waals surface area contributed by atoms with Crippen LogP contribution in [0, 0.1) is 5.82 Å². The molecule has 1 rings (SSSR count). The number of carboxylic acids is 1. The summed E-state index contributed by atoms with van der Waals surface area (Å²) in [7, 11) is 0. The first kappa shape index (κ1) is 16.5. The van der Waals surface area contributed by atoms with E-state index in [-0.39, 0.29) is 23.9 Å². The molecule has 20 heavy (non-hydrogen) atoms. The Morgan fingerprint density at radius 3 is 2.45 bits per heavy atom. The highest BCUT2D eigenvalue weighted by Crippen LogP contribution is 2.18. The number of halogens is 1. The molecule has 0 fully saturated rings. The van der Waals surface area contributed by atoms with Crippen molar-refractivity contribution in [2.45, 2.75) is 37.1 Å². The van der Waals surface area contributed by atoms with Gasteiger partial charge < -0.3 is 10.4 Å². The van der Waals surface area contributed by atoms with Gasteiger partial charge in [0.1, 0.15) is 5.82 Å². The Kier molecular flexibility index (Phi) is 6.01. The van der Waals surface area contributed by atoms with Crippen LogP contribution in [0.5, 0.6) is 0 Å². The summed E-state index contributed by atoms with van der Waals surface area (Å²) < 4.78 is 12.7. The lowest BCUT2D eigenvalue weighted by atomic mass is 9.98. The number of amides is 1. The molecule has 0 aliphatic heterocycles. The van der Waals surface area contributed by atoms with E-state index in [4.69, 9.17) is 5.11 Å². The van der Waals surface area contributed by atoms with E-state index in [2.05, 4.69) is 5.32 Å². The van der Waals surface area contributed by atoms with Crippen LogP contribution in [0.1, 0.15) is 26.7 Å². The van der Waals surface area contributed by atoms with Crippen molar-refractivity contribution < 1.29 is 19.1 Å². The molecule has 1 amide bonds. The number of hydrogen-bond acceptors (Lipinski definition) is 3. The zero-order valence-corrected chi connectivity index (χ0v) is 12.3. The molecule has 0 unspecified atom stereocenters. The van der Waals surface area contributed by atoms with E-state index in [9.17, 15) is 14.0 Å². The summed E-state index contributed by atoms with van der Waals surface area (Å²) in [5, 5.41) is 11.4. The minimum absolute atomic E-state index is 0.0123. The van der Waals surface area contributed by atoms with Crippen LogP contribution in [-0.4, -0.2) is 28.3 Å². The molecule has 4 nitrogen and oxygen atoms in total. The van der Waals surface area contributed by atoms with Crippen molar-refractivity contribution in [2.75, 3.05) is 5.75 Å². The number of carbonyl (C=O) groups excluding carboxylic acids is 1. The van der Waals surface area contributed by atoms with Gasteiger partial charge in [0.2, 0.25) is 5.91 Å². The van der Waals surface area contributed by atoms with E-state index in [1.807, 2.05) is 0 Å². The van der Waals surface area contributed by atoms with E-state index < -0.39 is 11.5 Å². The largest absolute Gasteiger partial charge is 0.481 e. The molecule has 0 bridgehead atoms. The fraction of sp³-hybridized carbons (Fsp3) is 0.429. The van der Waals surface area contributed by atoms with Crippen molar-refractivity contribution in [3.63, 3.8) is 0 Å². The predicted octanol–water partition coefficient (Wildman–Crippen LogP) is 2.68. The molecule has 0 heterocycles. The van der Waals surface area contributed by atoms with Gasteiger partial charge in [0.15, 0.2) is 0 Å². The van der Waals surface area contributed by atoms with Gasteiger partial charge in [-0.05, 0) is 44.5 Å². The van der Waals surface area contributed by atoms with Crippen molar-refractivity contribution >= 4 is 23.6 Å². The van der Waals surface area contributed by atoms with Gasteiger partial charge in [-0.3, -0.25) is 9.59 Å². The summed E-state index contributed by atoms with van der Waals surface area (Å²) in [6.07, 6.45) is 0.383. The lowest BCUT2D eigenvalue weighted by molar-refractivity contribution is -0.137. The van der Waals surface area contributed by atoms with Crippen LogP contribution < -0.4 is 5.32 Å². The summed E-state index contributed by atoms with van der Waals surface area (Å²) in [5.74, 6) is -1.15. The van der Waals surface area contributed by atoms with E-state index in [0.29, 0.717) is 6.42 Å². The minimum atomic E-state index is -0.881. The Hall–Kier alpha value is -1.56. The van der Waals surface area contributed by atoms with Gasteiger partial charge in [0.25, 0.3) is 0 Å². The number of nitrogens with one attached hydrogen (secondary N) is 1. The Bertz CT molecular complexity index is 474. The maximum Gasteiger partial charge on any atom is 0.303 e. The highest BCUT2D eigenvalue weighted by Gasteiger charge is 2.21. The summed E-state index contributed by atoms with van der Waals surface area (Å²) in [6, 6.07) is 5.92. The molecule has 110 valence electrons. The van der Waals surface area contributed by atoms with E-state index in [0.717, 1.165) is 4.90 Å². The highest BCUT2D eigenvalue weighted by molar-refractivity contribution is 8.00. The molecule has 0 aromatic heterocycles. The van der Waals surface area contributed by atoms with Crippen LogP contribution >= 0.6 is 11.8 Å². The van der Waals surface area contributed by atoms with Crippen LogP contribution in [-0.2, 0) is 9.59 Å². The van der Waals surface area contributed by atoms with Crippen molar-refractivity contribution in [1.29, 1.82) is 0 Å². The molecule has 0 atom stereocenters. The third kappa shape index (κ3) is 6.56. The quantitative estimate of drug-likeness (QED) is 0.760. The lowest BCUT2D eigenvalue weighted by Gasteiger charge is -2.25. The zero-order chi connectivity index (χ0) is 15.2. The number of carbonyl (C=O) groups is 2. The van der Waals surface area contributed by atoms with Crippen LogP contribution in [0.3, 0.4) is 0 Å². The number of hydrogen-bond donors (Lipinski definition) is 2. The predicted molar refractivity (Wildman–Crippen MR) is 76.2 cm³/mol. The average Bonchev–Trinajstić information content (AvgIpc) is 2.35. The second-order valence-electron chi connectivity index (χ2n) is 5.07. The molecule has 6 heteroatoms. The first-order chi connectivity index (χ1) is 9.28. The third-order valence-corrected chi connectivity index (χ3v) is 3.64. The molecular formula is C14H18FNO3S. The molecule has 0 radical (unpaired) electrons. The molecule has 0 spiro atoms. The Morgan fingerprint density at radius 1 is 1.30 bits per heavy atom.